The van der Waals surface area contributed by atoms with Crippen LogP contribution in [0.2, 0.25) is 0 Å². The first kappa shape index (κ1) is 17.6. The van der Waals surface area contributed by atoms with Gasteiger partial charge in [-0.3, -0.25) is 0 Å². The van der Waals surface area contributed by atoms with Crippen LogP contribution in [0.25, 0.3) is 0 Å². The van der Waals surface area contributed by atoms with E-state index in [2.05, 4.69) is 55.4 Å². The summed E-state index contributed by atoms with van der Waals surface area (Å²) < 4.78 is 0. The highest BCUT2D eigenvalue weighted by Crippen LogP contribution is 2.72. The predicted molar refractivity (Wildman–Crippen MR) is 94.6 cm³/mol. The quantitative estimate of drug-likeness (QED) is 0.472. The van der Waals surface area contributed by atoms with E-state index in [9.17, 15) is 0 Å². The minimum absolute atomic E-state index is 0.327. The second-order valence-electron chi connectivity index (χ2n) is 9.05. The lowest BCUT2D eigenvalue weighted by atomic mass is 9.82. The molecule has 0 amide bonds. The van der Waals surface area contributed by atoms with E-state index in [1.807, 2.05) is 0 Å². The maximum atomic E-state index is 6.65. The Labute approximate surface area is 138 Å². The third kappa shape index (κ3) is 3.04. The minimum Gasteiger partial charge on any atom is -0.122 e. The molecule has 0 N–H and O–H groups in total. The number of hydrogen-bond acceptors (Lipinski definition) is 0. The SMILES string of the molecule is CCC(C)C1(C)CC1C1C(C)C1C(C)C(C)C(Cl)C(C)C. The smallest absolute Gasteiger partial charge is 0.0387 e. The third-order valence-corrected chi connectivity index (χ3v) is 8.54. The lowest BCUT2D eigenvalue weighted by molar-refractivity contribution is 0.265. The molecular weight excluding hydrogens is 276 g/mol. The molecule has 0 aromatic rings. The van der Waals surface area contributed by atoms with Gasteiger partial charge in [0.15, 0.2) is 0 Å². The molecule has 0 spiro atoms. The van der Waals surface area contributed by atoms with Gasteiger partial charge < -0.3 is 0 Å². The van der Waals surface area contributed by atoms with E-state index in [-0.39, 0.29) is 0 Å². The summed E-state index contributed by atoms with van der Waals surface area (Å²) >= 11 is 6.65. The molecular formula is C20H37Cl. The summed E-state index contributed by atoms with van der Waals surface area (Å²) in [5.41, 5.74) is 0.643. The van der Waals surface area contributed by atoms with Gasteiger partial charge in [-0.2, -0.15) is 0 Å². The van der Waals surface area contributed by atoms with Crippen LogP contribution in [-0.2, 0) is 0 Å². The van der Waals surface area contributed by atoms with Gasteiger partial charge in [0.25, 0.3) is 0 Å². The molecule has 0 radical (unpaired) electrons. The summed E-state index contributed by atoms with van der Waals surface area (Å²) in [5, 5.41) is 0.327. The maximum Gasteiger partial charge on any atom is 0.0387 e. The summed E-state index contributed by atoms with van der Waals surface area (Å²) in [6.45, 7) is 19.2. The minimum atomic E-state index is 0.327. The average molecular weight is 313 g/mol. The first-order valence-electron chi connectivity index (χ1n) is 9.30. The fraction of sp³-hybridized carbons (Fsp3) is 1.00. The highest BCUT2D eigenvalue weighted by atomic mass is 35.5. The molecule has 2 aliphatic rings. The Hall–Kier alpha value is 0.290. The molecule has 124 valence electrons. The fourth-order valence-corrected chi connectivity index (χ4v) is 5.49. The van der Waals surface area contributed by atoms with E-state index in [0.717, 1.165) is 35.5 Å². The Morgan fingerprint density at radius 2 is 1.71 bits per heavy atom. The molecule has 0 aromatic carbocycles. The summed E-state index contributed by atoms with van der Waals surface area (Å²) in [7, 11) is 0. The van der Waals surface area contributed by atoms with Crippen molar-refractivity contribution in [1.82, 2.24) is 0 Å². The van der Waals surface area contributed by atoms with Gasteiger partial charge in [0.05, 0.1) is 0 Å². The zero-order chi connectivity index (χ0) is 16.1. The Morgan fingerprint density at radius 1 is 1.14 bits per heavy atom. The zero-order valence-electron chi connectivity index (χ0n) is 15.5. The van der Waals surface area contributed by atoms with Crippen LogP contribution in [0.5, 0.6) is 0 Å². The van der Waals surface area contributed by atoms with Crippen LogP contribution in [0.3, 0.4) is 0 Å². The molecule has 0 nitrogen and oxygen atoms in total. The van der Waals surface area contributed by atoms with Crippen molar-refractivity contribution < 1.29 is 0 Å². The van der Waals surface area contributed by atoms with E-state index in [1.54, 1.807) is 0 Å². The van der Waals surface area contributed by atoms with Crippen LogP contribution in [-0.4, -0.2) is 5.38 Å². The molecule has 0 aromatic heterocycles. The van der Waals surface area contributed by atoms with Gasteiger partial charge in [-0.25, -0.2) is 0 Å². The summed E-state index contributed by atoms with van der Waals surface area (Å²) in [6.07, 6.45) is 2.81. The third-order valence-electron chi connectivity index (χ3n) is 7.64. The van der Waals surface area contributed by atoms with Gasteiger partial charge in [0, 0.05) is 5.38 Å². The first-order chi connectivity index (χ1) is 9.66. The number of hydrogen-bond donors (Lipinski definition) is 0. The second kappa shape index (κ2) is 6.06. The summed E-state index contributed by atoms with van der Waals surface area (Å²) in [6, 6.07) is 0. The van der Waals surface area contributed by atoms with Gasteiger partial charge in [-0.05, 0) is 59.2 Å². The monoisotopic (exact) mass is 312 g/mol. The van der Waals surface area contributed by atoms with Crippen LogP contribution in [0.15, 0.2) is 0 Å². The summed E-state index contributed by atoms with van der Waals surface area (Å²) in [4.78, 5) is 0. The van der Waals surface area contributed by atoms with Crippen molar-refractivity contribution >= 4 is 11.6 Å². The maximum absolute atomic E-state index is 6.65. The molecule has 9 unspecified atom stereocenters. The van der Waals surface area contributed by atoms with Gasteiger partial charge in [-0.1, -0.05) is 61.8 Å². The molecule has 0 aliphatic heterocycles. The molecule has 2 rings (SSSR count). The van der Waals surface area contributed by atoms with Gasteiger partial charge in [0.1, 0.15) is 0 Å². The van der Waals surface area contributed by atoms with Crippen LogP contribution < -0.4 is 0 Å². The van der Waals surface area contributed by atoms with Crippen molar-refractivity contribution in [2.75, 3.05) is 0 Å². The topological polar surface area (TPSA) is 0 Å². The Morgan fingerprint density at radius 3 is 2.19 bits per heavy atom. The highest BCUT2D eigenvalue weighted by Gasteiger charge is 2.66. The van der Waals surface area contributed by atoms with E-state index in [4.69, 9.17) is 11.6 Å². The number of halogens is 1. The lowest BCUT2D eigenvalue weighted by Crippen LogP contribution is -2.26. The van der Waals surface area contributed by atoms with Crippen molar-refractivity contribution in [3.63, 3.8) is 0 Å². The molecule has 1 heteroatoms. The van der Waals surface area contributed by atoms with E-state index in [1.165, 1.54) is 12.8 Å². The van der Waals surface area contributed by atoms with Crippen LogP contribution in [0, 0.1) is 52.8 Å². The number of rotatable bonds is 7. The molecule has 0 heterocycles. The molecule has 2 fully saturated rings. The van der Waals surface area contributed by atoms with Crippen LogP contribution >= 0.6 is 11.6 Å². The molecule has 21 heavy (non-hydrogen) atoms. The van der Waals surface area contributed by atoms with Crippen molar-refractivity contribution in [3.05, 3.63) is 0 Å². The Kier molecular flexibility index (Phi) is 5.09. The normalized spacial score (nSPS) is 44.3. The molecule has 0 bridgehead atoms. The van der Waals surface area contributed by atoms with Crippen molar-refractivity contribution in [1.29, 1.82) is 0 Å². The highest BCUT2D eigenvalue weighted by molar-refractivity contribution is 6.20. The zero-order valence-corrected chi connectivity index (χ0v) is 16.2. The second-order valence-corrected chi connectivity index (χ2v) is 9.55. The standard InChI is InChI=1S/C20H37Cl/c1-9-12(4)20(8)10-16(20)18-15(7)17(18)13(5)14(6)19(21)11(2)3/h11-19H,9-10H2,1-8H3. The van der Waals surface area contributed by atoms with Gasteiger partial charge in [0.2, 0.25) is 0 Å². The largest absolute Gasteiger partial charge is 0.122 e. The number of alkyl halides is 1. The Bertz CT molecular complexity index is 363. The fourth-order valence-electron chi connectivity index (χ4n) is 5.26. The Balaban J connectivity index is 1.96. The first-order valence-corrected chi connectivity index (χ1v) is 9.74. The predicted octanol–water partition coefficient (Wildman–Crippen LogP) is 6.48. The van der Waals surface area contributed by atoms with Crippen molar-refractivity contribution in [3.8, 4) is 0 Å². The van der Waals surface area contributed by atoms with Crippen molar-refractivity contribution in [2.45, 2.75) is 73.6 Å². The molecule has 9 atom stereocenters. The van der Waals surface area contributed by atoms with E-state index in [0.29, 0.717) is 22.6 Å². The summed E-state index contributed by atoms with van der Waals surface area (Å²) in [5.74, 6) is 6.72. The van der Waals surface area contributed by atoms with Crippen LogP contribution in [0.1, 0.15) is 68.2 Å². The van der Waals surface area contributed by atoms with E-state index < -0.39 is 0 Å². The molecule has 0 saturated heterocycles. The average Bonchev–Trinajstić information content (AvgIpc) is 3.31. The lowest BCUT2D eigenvalue weighted by Gasteiger charge is -2.28. The van der Waals surface area contributed by atoms with Crippen LogP contribution in [0.4, 0.5) is 0 Å². The van der Waals surface area contributed by atoms with Gasteiger partial charge >= 0.3 is 0 Å². The van der Waals surface area contributed by atoms with Crippen molar-refractivity contribution in [2.24, 2.45) is 52.8 Å². The van der Waals surface area contributed by atoms with E-state index >= 15 is 0 Å². The van der Waals surface area contributed by atoms with Gasteiger partial charge in [-0.15, -0.1) is 11.6 Å². The molecule has 2 aliphatic carbocycles. The molecule has 2 saturated carbocycles.